The van der Waals surface area contributed by atoms with E-state index in [9.17, 15) is 9.59 Å². The lowest BCUT2D eigenvalue weighted by molar-refractivity contribution is -0.144. The Bertz CT molecular complexity index is 815. The molecule has 25 heavy (non-hydrogen) atoms. The molecule has 1 atom stereocenters. The highest BCUT2D eigenvalue weighted by Crippen LogP contribution is 2.34. The van der Waals surface area contributed by atoms with Crippen molar-refractivity contribution < 1.29 is 14.3 Å². The predicted octanol–water partition coefficient (Wildman–Crippen LogP) is 2.92. The first-order valence-corrected chi connectivity index (χ1v) is 10.3. The fraction of sp³-hybridized carbons (Fsp3) is 0.588. The van der Waals surface area contributed by atoms with Crippen molar-refractivity contribution in [1.82, 2.24) is 9.97 Å². The van der Waals surface area contributed by atoms with Gasteiger partial charge in [-0.15, -0.1) is 11.3 Å². The molecule has 136 valence electrons. The zero-order valence-electron chi connectivity index (χ0n) is 14.4. The molecule has 6 nitrogen and oxygen atoms in total. The van der Waals surface area contributed by atoms with Crippen LogP contribution in [0.2, 0.25) is 0 Å². The smallest absolute Gasteiger partial charge is 0.319 e. The van der Waals surface area contributed by atoms with Gasteiger partial charge in [0.05, 0.1) is 12.0 Å². The molecule has 0 fully saturated rings. The SMILES string of the molecule is CCOCCOC(=O)[C@H](C)Sc1nc2sc3c(c2c(=O)[nH]1)CCCC3. The second-order valence-electron chi connectivity index (χ2n) is 5.89. The number of hydrogen-bond acceptors (Lipinski definition) is 7. The number of thioether (sulfide) groups is 1. The summed E-state index contributed by atoms with van der Waals surface area (Å²) in [5.74, 6) is -0.335. The standard InChI is InChI=1S/C17H22N2O4S2/c1-3-22-8-9-23-16(21)10(2)24-17-18-14(20)13-11-6-4-5-7-12(11)25-15(13)19-17/h10H,3-9H2,1-2H3,(H,18,19,20)/t10-/m0/s1. The number of esters is 1. The Morgan fingerprint density at radius 3 is 2.96 bits per heavy atom. The zero-order chi connectivity index (χ0) is 17.8. The van der Waals surface area contributed by atoms with E-state index in [1.165, 1.54) is 28.6 Å². The number of aryl methyl sites for hydroxylation is 2. The number of nitrogens with zero attached hydrogens (tertiary/aromatic N) is 1. The first kappa shape index (κ1) is 18.4. The van der Waals surface area contributed by atoms with E-state index in [-0.39, 0.29) is 18.1 Å². The number of fused-ring (bicyclic) bond motifs is 3. The van der Waals surface area contributed by atoms with Gasteiger partial charge in [0.1, 0.15) is 16.7 Å². The average Bonchev–Trinajstić information content (AvgIpc) is 2.97. The first-order valence-electron chi connectivity index (χ1n) is 8.55. The van der Waals surface area contributed by atoms with Gasteiger partial charge in [-0.05, 0) is 45.1 Å². The molecule has 0 radical (unpaired) electrons. The summed E-state index contributed by atoms with van der Waals surface area (Å²) < 4.78 is 10.3. The van der Waals surface area contributed by atoms with Gasteiger partial charge >= 0.3 is 5.97 Å². The second kappa shape index (κ2) is 8.33. The number of H-pyrrole nitrogens is 1. The van der Waals surface area contributed by atoms with Crippen molar-refractivity contribution >= 4 is 39.3 Å². The second-order valence-corrected chi connectivity index (χ2v) is 8.30. The van der Waals surface area contributed by atoms with E-state index >= 15 is 0 Å². The summed E-state index contributed by atoms with van der Waals surface area (Å²) in [4.78, 5) is 33.9. The van der Waals surface area contributed by atoms with Crippen LogP contribution in [0.25, 0.3) is 10.2 Å². The van der Waals surface area contributed by atoms with Gasteiger partial charge in [-0.3, -0.25) is 9.59 Å². The summed E-state index contributed by atoms with van der Waals surface area (Å²) in [5.41, 5.74) is 1.06. The minimum absolute atomic E-state index is 0.108. The molecule has 0 spiro atoms. The molecule has 2 aromatic rings. The molecule has 1 N–H and O–H groups in total. The monoisotopic (exact) mass is 382 g/mol. The molecule has 0 aliphatic heterocycles. The average molecular weight is 383 g/mol. The van der Waals surface area contributed by atoms with E-state index in [2.05, 4.69) is 9.97 Å². The van der Waals surface area contributed by atoms with Crippen LogP contribution in [0.15, 0.2) is 9.95 Å². The molecule has 0 aromatic carbocycles. The number of aromatic amines is 1. The molecule has 8 heteroatoms. The van der Waals surface area contributed by atoms with Crippen LogP contribution in [0, 0.1) is 0 Å². The fourth-order valence-corrected chi connectivity index (χ4v) is 4.99. The van der Waals surface area contributed by atoms with Crippen molar-refractivity contribution in [2.75, 3.05) is 19.8 Å². The lowest BCUT2D eigenvalue weighted by Gasteiger charge is -2.11. The molecule has 0 unspecified atom stereocenters. The van der Waals surface area contributed by atoms with E-state index in [0.717, 1.165) is 29.5 Å². The lowest BCUT2D eigenvalue weighted by Crippen LogP contribution is -2.20. The van der Waals surface area contributed by atoms with Crippen LogP contribution in [0.3, 0.4) is 0 Å². The molecule has 2 heterocycles. The van der Waals surface area contributed by atoms with E-state index < -0.39 is 5.25 Å². The van der Waals surface area contributed by atoms with E-state index in [0.29, 0.717) is 18.4 Å². The van der Waals surface area contributed by atoms with Gasteiger partial charge < -0.3 is 14.5 Å². The minimum atomic E-state index is -0.447. The van der Waals surface area contributed by atoms with Crippen LogP contribution in [-0.4, -0.2) is 41.0 Å². The largest absolute Gasteiger partial charge is 0.462 e. The van der Waals surface area contributed by atoms with Crippen molar-refractivity contribution in [2.45, 2.75) is 49.9 Å². The molecule has 0 bridgehead atoms. The van der Waals surface area contributed by atoms with Crippen molar-refractivity contribution in [2.24, 2.45) is 0 Å². The number of thiophene rings is 1. The number of nitrogens with one attached hydrogen (secondary N) is 1. The van der Waals surface area contributed by atoms with Crippen LogP contribution in [0.1, 0.15) is 37.1 Å². The number of hydrogen-bond donors (Lipinski definition) is 1. The van der Waals surface area contributed by atoms with Gasteiger partial charge in [-0.1, -0.05) is 11.8 Å². The molecular weight excluding hydrogens is 360 g/mol. The van der Waals surface area contributed by atoms with Crippen molar-refractivity contribution in [3.8, 4) is 0 Å². The van der Waals surface area contributed by atoms with Crippen molar-refractivity contribution in [3.63, 3.8) is 0 Å². The van der Waals surface area contributed by atoms with Gasteiger partial charge in [-0.2, -0.15) is 0 Å². The molecular formula is C17H22N2O4S2. The molecule has 2 aromatic heterocycles. The summed E-state index contributed by atoms with van der Waals surface area (Å²) in [6.07, 6.45) is 4.28. The van der Waals surface area contributed by atoms with Gasteiger partial charge in [0, 0.05) is 11.5 Å². The quantitative estimate of drug-likeness (QED) is 0.343. The van der Waals surface area contributed by atoms with E-state index in [1.807, 2.05) is 6.92 Å². The number of carbonyl (C=O) groups excluding carboxylic acids is 1. The van der Waals surface area contributed by atoms with Crippen LogP contribution in [0.5, 0.6) is 0 Å². The predicted molar refractivity (Wildman–Crippen MR) is 99.7 cm³/mol. The summed E-state index contributed by atoms with van der Waals surface area (Å²) >= 11 is 2.82. The summed E-state index contributed by atoms with van der Waals surface area (Å²) in [6.45, 7) is 4.86. The number of ether oxygens (including phenoxy) is 2. The van der Waals surface area contributed by atoms with E-state index in [1.54, 1.807) is 18.3 Å². The van der Waals surface area contributed by atoms with Gasteiger partial charge in [0.15, 0.2) is 5.16 Å². The Hall–Kier alpha value is -1.38. The number of aromatic nitrogens is 2. The maximum Gasteiger partial charge on any atom is 0.319 e. The third-order valence-electron chi connectivity index (χ3n) is 4.10. The topological polar surface area (TPSA) is 81.3 Å². The highest BCUT2D eigenvalue weighted by molar-refractivity contribution is 8.00. The first-order chi connectivity index (χ1) is 12.1. The molecule has 1 aliphatic rings. The van der Waals surface area contributed by atoms with Gasteiger partial charge in [-0.25, -0.2) is 4.98 Å². The molecule has 0 saturated heterocycles. The van der Waals surface area contributed by atoms with Gasteiger partial charge in [0.25, 0.3) is 5.56 Å². The zero-order valence-corrected chi connectivity index (χ0v) is 16.1. The molecule has 0 amide bonds. The molecule has 0 saturated carbocycles. The normalized spacial score (nSPS) is 15.1. The highest BCUT2D eigenvalue weighted by Gasteiger charge is 2.22. The van der Waals surface area contributed by atoms with Crippen molar-refractivity contribution in [3.05, 3.63) is 20.8 Å². The Labute approximate surface area is 154 Å². The Morgan fingerprint density at radius 1 is 1.36 bits per heavy atom. The van der Waals surface area contributed by atoms with Gasteiger partial charge in [0.2, 0.25) is 0 Å². The third-order valence-corrected chi connectivity index (χ3v) is 6.25. The Balaban J connectivity index is 1.71. The Morgan fingerprint density at radius 2 is 2.16 bits per heavy atom. The van der Waals surface area contributed by atoms with Crippen LogP contribution < -0.4 is 5.56 Å². The fourth-order valence-electron chi connectivity index (χ4n) is 2.88. The van der Waals surface area contributed by atoms with Crippen LogP contribution in [0.4, 0.5) is 0 Å². The number of carbonyl (C=O) groups is 1. The molecule has 3 rings (SSSR count). The third kappa shape index (κ3) is 4.24. The minimum Gasteiger partial charge on any atom is -0.462 e. The maximum absolute atomic E-state index is 12.5. The highest BCUT2D eigenvalue weighted by atomic mass is 32.2. The van der Waals surface area contributed by atoms with Crippen molar-refractivity contribution in [1.29, 1.82) is 0 Å². The van der Waals surface area contributed by atoms with Crippen LogP contribution >= 0.6 is 23.1 Å². The maximum atomic E-state index is 12.5. The summed E-state index contributed by atoms with van der Waals surface area (Å²) in [6, 6.07) is 0. The summed E-state index contributed by atoms with van der Waals surface area (Å²) in [5, 5.41) is 0.748. The van der Waals surface area contributed by atoms with Crippen LogP contribution in [-0.2, 0) is 27.1 Å². The number of rotatable bonds is 7. The Kier molecular flexibility index (Phi) is 6.14. The lowest BCUT2D eigenvalue weighted by atomic mass is 9.97. The van der Waals surface area contributed by atoms with E-state index in [4.69, 9.17) is 9.47 Å². The molecule has 1 aliphatic carbocycles. The summed E-state index contributed by atoms with van der Waals surface area (Å²) in [7, 11) is 0.